The van der Waals surface area contributed by atoms with Crippen LogP contribution in [0.2, 0.25) is 0 Å². The summed E-state index contributed by atoms with van der Waals surface area (Å²) in [6.45, 7) is 2.81. The molecular formula is C16H21N5O. The molecule has 116 valence electrons. The molecule has 2 rings (SSSR count). The first kappa shape index (κ1) is 16.0. The molecule has 2 heterocycles. The molecule has 6 heteroatoms. The number of carbonyl (C=O) groups excluding carboxylic acids is 1. The number of rotatable bonds is 7. The van der Waals surface area contributed by atoms with E-state index >= 15 is 0 Å². The van der Waals surface area contributed by atoms with Crippen LogP contribution in [0.4, 0.5) is 5.69 Å². The summed E-state index contributed by atoms with van der Waals surface area (Å²) >= 11 is 0. The van der Waals surface area contributed by atoms with Crippen molar-refractivity contribution in [1.29, 1.82) is 0 Å². The highest BCUT2D eigenvalue weighted by Gasteiger charge is 2.12. The average molecular weight is 299 g/mol. The lowest BCUT2D eigenvalue weighted by Crippen LogP contribution is -2.33. The first-order valence-corrected chi connectivity index (χ1v) is 7.30. The summed E-state index contributed by atoms with van der Waals surface area (Å²) in [5, 5.41) is 2.84. The number of amides is 1. The Morgan fingerprint density at radius 3 is 2.77 bits per heavy atom. The molecule has 0 aromatic carbocycles. The van der Waals surface area contributed by atoms with Gasteiger partial charge in [-0.25, -0.2) is 0 Å². The number of anilines is 1. The molecule has 0 unspecified atom stereocenters. The van der Waals surface area contributed by atoms with E-state index in [1.165, 1.54) is 0 Å². The van der Waals surface area contributed by atoms with Crippen molar-refractivity contribution in [2.75, 3.05) is 18.9 Å². The molecule has 22 heavy (non-hydrogen) atoms. The Labute approximate surface area is 130 Å². The van der Waals surface area contributed by atoms with Crippen LogP contribution in [0.25, 0.3) is 0 Å². The molecule has 1 amide bonds. The van der Waals surface area contributed by atoms with Crippen LogP contribution in [-0.2, 0) is 11.2 Å². The van der Waals surface area contributed by atoms with Gasteiger partial charge in [0, 0.05) is 50.2 Å². The fourth-order valence-corrected chi connectivity index (χ4v) is 2.05. The van der Waals surface area contributed by atoms with Gasteiger partial charge in [-0.15, -0.1) is 0 Å². The maximum Gasteiger partial charge on any atom is 0.225 e. The molecule has 0 spiro atoms. The number of likely N-dealkylation sites (N-methyl/N-ethyl adjacent to an activating group) is 1. The third-order valence-corrected chi connectivity index (χ3v) is 3.51. The van der Waals surface area contributed by atoms with E-state index in [2.05, 4.69) is 32.1 Å². The van der Waals surface area contributed by atoms with Gasteiger partial charge in [-0.3, -0.25) is 19.7 Å². The van der Waals surface area contributed by atoms with Crippen molar-refractivity contribution in [3.05, 3.63) is 48.8 Å². The second kappa shape index (κ2) is 8.19. The van der Waals surface area contributed by atoms with Crippen molar-refractivity contribution in [3.63, 3.8) is 0 Å². The largest absolute Gasteiger partial charge is 0.325 e. The summed E-state index contributed by atoms with van der Waals surface area (Å²) in [4.78, 5) is 26.4. The van der Waals surface area contributed by atoms with Gasteiger partial charge in [0.1, 0.15) is 0 Å². The Balaban J connectivity index is 1.74. The topological polar surface area (TPSA) is 71.0 Å². The third kappa shape index (κ3) is 5.21. The molecule has 0 saturated carbocycles. The van der Waals surface area contributed by atoms with Crippen molar-refractivity contribution >= 4 is 11.6 Å². The van der Waals surface area contributed by atoms with Crippen LogP contribution in [0.3, 0.4) is 0 Å². The first-order chi connectivity index (χ1) is 10.6. The molecule has 0 aliphatic carbocycles. The van der Waals surface area contributed by atoms with Crippen LogP contribution in [-0.4, -0.2) is 45.4 Å². The van der Waals surface area contributed by atoms with E-state index in [0.29, 0.717) is 19.0 Å². The van der Waals surface area contributed by atoms with E-state index in [1.807, 2.05) is 13.1 Å². The van der Waals surface area contributed by atoms with Crippen LogP contribution >= 0.6 is 0 Å². The standard InChI is InChI=1S/C16H21N5O/c1-13(10-15-12-18-7-8-19-15)21(2)9-5-16(22)20-14-4-3-6-17-11-14/h3-4,6-8,11-13H,5,9-10H2,1-2H3,(H,20,22)/t13-/m0/s1. The summed E-state index contributed by atoms with van der Waals surface area (Å²) < 4.78 is 0. The Hall–Kier alpha value is -2.34. The van der Waals surface area contributed by atoms with E-state index in [1.54, 1.807) is 37.1 Å². The number of carbonyl (C=O) groups is 1. The zero-order valence-corrected chi connectivity index (χ0v) is 12.9. The minimum atomic E-state index is -0.00782. The predicted molar refractivity (Wildman–Crippen MR) is 85.3 cm³/mol. The molecule has 2 aromatic heterocycles. The van der Waals surface area contributed by atoms with Gasteiger partial charge in [-0.1, -0.05) is 0 Å². The Bertz CT molecular complexity index is 576. The average Bonchev–Trinajstić information content (AvgIpc) is 2.54. The molecular weight excluding hydrogens is 278 g/mol. The predicted octanol–water partition coefficient (Wildman–Crippen LogP) is 1.76. The summed E-state index contributed by atoms with van der Waals surface area (Å²) in [6, 6.07) is 3.92. The van der Waals surface area contributed by atoms with Crippen LogP contribution in [0.5, 0.6) is 0 Å². The van der Waals surface area contributed by atoms with Crippen molar-refractivity contribution in [3.8, 4) is 0 Å². The Morgan fingerprint density at radius 1 is 1.27 bits per heavy atom. The lowest BCUT2D eigenvalue weighted by molar-refractivity contribution is -0.116. The van der Waals surface area contributed by atoms with E-state index in [-0.39, 0.29) is 5.91 Å². The Kier molecular flexibility index (Phi) is 5.97. The highest BCUT2D eigenvalue weighted by molar-refractivity contribution is 5.90. The van der Waals surface area contributed by atoms with Crippen LogP contribution in [0, 0.1) is 0 Å². The van der Waals surface area contributed by atoms with Crippen molar-refractivity contribution in [2.24, 2.45) is 0 Å². The first-order valence-electron chi connectivity index (χ1n) is 7.30. The molecule has 0 fully saturated rings. The molecule has 0 saturated heterocycles. The number of hydrogen-bond donors (Lipinski definition) is 1. The maximum absolute atomic E-state index is 11.9. The minimum Gasteiger partial charge on any atom is -0.325 e. The van der Waals surface area contributed by atoms with Gasteiger partial charge in [0.25, 0.3) is 0 Å². The molecule has 0 radical (unpaired) electrons. The second-order valence-electron chi connectivity index (χ2n) is 5.27. The minimum absolute atomic E-state index is 0.00782. The van der Waals surface area contributed by atoms with Crippen molar-refractivity contribution < 1.29 is 4.79 Å². The van der Waals surface area contributed by atoms with Crippen molar-refractivity contribution in [2.45, 2.75) is 25.8 Å². The SMILES string of the molecule is C[C@@H](Cc1cnccn1)N(C)CCC(=O)Nc1cccnc1. The van der Waals surface area contributed by atoms with Gasteiger partial charge in [0.05, 0.1) is 17.6 Å². The summed E-state index contributed by atoms with van der Waals surface area (Å²) in [5.41, 5.74) is 1.68. The fourth-order valence-electron chi connectivity index (χ4n) is 2.05. The van der Waals surface area contributed by atoms with E-state index < -0.39 is 0 Å². The van der Waals surface area contributed by atoms with Gasteiger partial charge in [-0.2, -0.15) is 0 Å². The molecule has 0 aliphatic rings. The Morgan fingerprint density at radius 2 is 2.09 bits per heavy atom. The number of pyridine rings is 1. The third-order valence-electron chi connectivity index (χ3n) is 3.51. The number of nitrogens with zero attached hydrogens (tertiary/aromatic N) is 4. The molecule has 6 nitrogen and oxygen atoms in total. The monoisotopic (exact) mass is 299 g/mol. The van der Waals surface area contributed by atoms with Gasteiger partial charge in [-0.05, 0) is 26.1 Å². The number of aromatic nitrogens is 3. The highest BCUT2D eigenvalue weighted by atomic mass is 16.1. The molecule has 1 atom stereocenters. The van der Waals surface area contributed by atoms with Gasteiger partial charge in [0.2, 0.25) is 5.91 Å². The van der Waals surface area contributed by atoms with Crippen LogP contribution < -0.4 is 5.32 Å². The molecule has 0 aliphatic heterocycles. The lowest BCUT2D eigenvalue weighted by atomic mass is 10.1. The molecule has 0 bridgehead atoms. The molecule has 2 aromatic rings. The zero-order valence-electron chi connectivity index (χ0n) is 12.9. The lowest BCUT2D eigenvalue weighted by Gasteiger charge is -2.24. The van der Waals surface area contributed by atoms with E-state index in [9.17, 15) is 4.79 Å². The summed E-state index contributed by atoms with van der Waals surface area (Å²) in [7, 11) is 2.01. The summed E-state index contributed by atoms with van der Waals surface area (Å²) in [6.07, 6.45) is 9.71. The van der Waals surface area contributed by atoms with Gasteiger partial charge < -0.3 is 10.2 Å². The van der Waals surface area contributed by atoms with Crippen LogP contribution in [0.1, 0.15) is 19.0 Å². The van der Waals surface area contributed by atoms with Gasteiger partial charge >= 0.3 is 0 Å². The van der Waals surface area contributed by atoms with Crippen molar-refractivity contribution in [1.82, 2.24) is 19.9 Å². The summed E-state index contributed by atoms with van der Waals surface area (Å²) in [5.74, 6) is -0.00782. The van der Waals surface area contributed by atoms with Gasteiger partial charge in [0.15, 0.2) is 0 Å². The van der Waals surface area contributed by atoms with E-state index in [4.69, 9.17) is 0 Å². The number of hydrogen-bond acceptors (Lipinski definition) is 5. The second-order valence-corrected chi connectivity index (χ2v) is 5.27. The van der Waals surface area contributed by atoms with E-state index in [0.717, 1.165) is 17.8 Å². The molecule has 1 N–H and O–H groups in total. The normalized spacial score (nSPS) is 12.1. The quantitative estimate of drug-likeness (QED) is 0.843. The van der Waals surface area contributed by atoms with Crippen LogP contribution in [0.15, 0.2) is 43.1 Å². The highest BCUT2D eigenvalue weighted by Crippen LogP contribution is 2.06. The number of nitrogens with one attached hydrogen (secondary N) is 1. The smallest absolute Gasteiger partial charge is 0.225 e. The fraction of sp³-hybridized carbons (Fsp3) is 0.375. The zero-order chi connectivity index (χ0) is 15.8. The maximum atomic E-state index is 11.9.